The van der Waals surface area contributed by atoms with E-state index in [1.165, 1.54) is 6.07 Å². The van der Waals surface area contributed by atoms with Gasteiger partial charge in [0.05, 0.1) is 6.42 Å². The summed E-state index contributed by atoms with van der Waals surface area (Å²) in [6.45, 7) is 1.81. The second-order valence-electron chi connectivity index (χ2n) is 6.66. The third-order valence-electron chi connectivity index (χ3n) is 4.71. The Kier molecular flexibility index (Phi) is 4.88. The molecule has 4 nitrogen and oxygen atoms in total. The predicted octanol–water partition coefficient (Wildman–Crippen LogP) is 5.19. The van der Waals surface area contributed by atoms with Crippen molar-refractivity contribution >= 4 is 39.3 Å². The van der Waals surface area contributed by atoms with Crippen LogP contribution in [0.3, 0.4) is 0 Å². The van der Waals surface area contributed by atoms with E-state index in [1.54, 1.807) is 12.1 Å². The molecule has 28 heavy (non-hydrogen) atoms. The highest BCUT2D eigenvalue weighted by atomic mass is 35.5. The highest BCUT2D eigenvalue weighted by Gasteiger charge is 2.12. The van der Waals surface area contributed by atoms with Crippen molar-refractivity contribution in [2.45, 2.75) is 20.0 Å². The molecule has 1 heterocycles. The Balaban J connectivity index is 1.57. The van der Waals surface area contributed by atoms with E-state index in [-0.39, 0.29) is 19.0 Å². The number of fused-ring (bicyclic) bond motifs is 2. The van der Waals surface area contributed by atoms with Crippen molar-refractivity contribution in [3.05, 3.63) is 92.8 Å². The first-order valence-electron chi connectivity index (χ1n) is 8.86. The van der Waals surface area contributed by atoms with Crippen LogP contribution >= 0.6 is 11.6 Å². The van der Waals surface area contributed by atoms with Crippen LogP contribution in [0.25, 0.3) is 21.7 Å². The molecule has 0 saturated heterocycles. The van der Waals surface area contributed by atoms with E-state index < -0.39 is 5.63 Å². The molecule has 0 aliphatic heterocycles. The largest absolute Gasteiger partial charge is 0.461 e. The number of benzene rings is 3. The lowest BCUT2D eigenvalue weighted by Crippen LogP contribution is -2.10. The maximum Gasteiger partial charge on any atom is 0.336 e. The average Bonchev–Trinajstić information content (AvgIpc) is 2.68. The van der Waals surface area contributed by atoms with E-state index in [0.29, 0.717) is 21.6 Å². The molecule has 140 valence electrons. The van der Waals surface area contributed by atoms with Gasteiger partial charge in [0.15, 0.2) is 0 Å². The number of hydrogen-bond donors (Lipinski definition) is 0. The van der Waals surface area contributed by atoms with Gasteiger partial charge in [-0.2, -0.15) is 0 Å². The summed E-state index contributed by atoms with van der Waals surface area (Å²) in [5, 5.41) is 3.32. The van der Waals surface area contributed by atoms with Gasteiger partial charge in [-0.05, 0) is 41.0 Å². The summed E-state index contributed by atoms with van der Waals surface area (Å²) in [5.41, 5.74) is 2.21. The second-order valence-corrected chi connectivity index (χ2v) is 7.07. The van der Waals surface area contributed by atoms with Crippen LogP contribution in [0.5, 0.6) is 0 Å². The lowest BCUT2D eigenvalue weighted by molar-refractivity contribution is -0.144. The number of halogens is 1. The monoisotopic (exact) mass is 392 g/mol. The third kappa shape index (κ3) is 3.64. The van der Waals surface area contributed by atoms with Crippen molar-refractivity contribution < 1.29 is 13.9 Å². The topological polar surface area (TPSA) is 56.5 Å². The molecule has 4 aromatic rings. The fourth-order valence-electron chi connectivity index (χ4n) is 3.28. The zero-order valence-electron chi connectivity index (χ0n) is 15.2. The van der Waals surface area contributed by atoms with Crippen LogP contribution in [0.1, 0.15) is 16.7 Å². The molecule has 0 bridgehead atoms. The van der Waals surface area contributed by atoms with Crippen molar-refractivity contribution in [2.24, 2.45) is 0 Å². The quantitative estimate of drug-likeness (QED) is 0.354. The first kappa shape index (κ1) is 18.3. The van der Waals surface area contributed by atoms with Gasteiger partial charge in [0.25, 0.3) is 0 Å². The van der Waals surface area contributed by atoms with Crippen molar-refractivity contribution in [1.82, 2.24) is 0 Å². The molecule has 1 aromatic heterocycles. The number of hydrogen-bond acceptors (Lipinski definition) is 4. The number of aryl methyl sites for hydroxylation is 1. The molecule has 0 radical (unpaired) electrons. The summed E-state index contributed by atoms with van der Waals surface area (Å²) in [7, 11) is 0. The number of carbonyl (C=O) groups excluding carboxylic acids is 1. The second kappa shape index (κ2) is 7.49. The Morgan fingerprint density at radius 3 is 2.64 bits per heavy atom. The molecule has 0 N–H and O–H groups in total. The van der Waals surface area contributed by atoms with Crippen molar-refractivity contribution in [1.29, 1.82) is 0 Å². The maximum atomic E-state index is 12.4. The molecular formula is C23H17ClO4. The van der Waals surface area contributed by atoms with Crippen molar-refractivity contribution in [3.8, 4) is 0 Å². The normalized spacial score (nSPS) is 11.1. The summed E-state index contributed by atoms with van der Waals surface area (Å²) in [6, 6.07) is 18.5. The Labute approximate surface area is 166 Å². The van der Waals surface area contributed by atoms with Crippen LogP contribution in [-0.2, 0) is 22.6 Å². The van der Waals surface area contributed by atoms with E-state index in [2.05, 4.69) is 0 Å². The molecule has 4 rings (SSSR count). The molecule has 0 atom stereocenters. The molecule has 0 aliphatic rings. The Bertz CT molecular complexity index is 1250. The Hall–Kier alpha value is -3.11. The fraction of sp³-hybridized carbons (Fsp3) is 0.130. The van der Waals surface area contributed by atoms with Gasteiger partial charge in [-0.1, -0.05) is 54.1 Å². The zero-order valence-corrected chi connectivity index (χ0v) is 16.0. The van der Waals surface area contributed by atoms with Crippen LogP contribution in [-0.4, -0.2) is 5.97 Å². The lowest BCUT2D eigenvalue weighted by atomic mass is 10.0. The van der Waals surface area contributed by atoms with Crippen molar-refractivity contribution in [3.63, 3.8) is 0 Å². The van der Waals surface area contributed by atoms with Gasteiger partial charge in [0.1, 0.15) is 12.2 Å². The minimum absolute atomic E-state index is 0.0227. The molecule has 0 aliphatic carbocycles. The zero-order chi connectivity index (χ0) is 19.7. The highest BCUT2D eigenvalue weighted by molar-refractivity contribution is 6.32. The van der Waals surface area contributed by atoms with Gasteiger partial charge in [0.2, 0.25) is 0 Å². The predicted molar refractivity (Wildman–Crippen MR) is 110 cm³/mol. The van der Waals surface area contributed by atoms with Crippen LogP contribution in [0.4, 0.5) is 0 Å². The Morgan fingerprint density at radius 2 is 1.79 bits per heavy atom. The van der Waals surface area contributed by atoms with Crippen LogP contribution in [0.2, 0.25) is 5.02 Å². The molecule has 3 aromatic carbocycles. The number of ether oxygens (including phenoxy) is 1. The first-order chi connectivity index (χ1) is 13.5. The summed E-state index contributed by atoms with van der Waals surface area (Å²) in [6.07, 6.45) is 0.153. The fourth-order valence-corrected chi connectivity index (χ4v) is 3.44. The molecular weight excluding hydrogens is 376 g/mol. The van der Waals surface area contributed by atoms with E-state index in [0.717, 1.165) is 21.9 Å². The Morgan fingerprint density at radius 1 is 1.00 bits per heavy atom. The van der Waals surface area contributed by atoms with Gasteiger partial charge in [0, 0.05) is 22.0 Å². The van der Waals surface area contributed by atoms with E-state index >= 15 is 0 Å². The van der Waals surface area contributed by atoms with Crippen LogP contribution in [0.15, 0.2) is 69.9 Å². The standard InChI is InChI=1S/C23H17ClO4/c1-14-9-21-19(12-20(14)24)17(11-23(26)28-21)13-27-22(25)10-16-7-4-6-15-5-2-3-8-18(15)16/h2-9,11-12H,10,13H2,1H3. The SMILES string of the molecule is Cc1cc2oc(=O)cc(COC(=O)Cc3cccc4ccccc34)c2cc1Cl. The molecule has 0 fully saturated rings. The molecule has 0 saturated carbocycles. The minimum Gasteiger partial charge on any atom is -0.461 e. The van der Waals surface area contributed by atoms with Crippen LogP contribution in [0, 0.1) is 6.92 Å². The van der Waals surface area contributed by atoms with Gasteiger partial charge in [-0.15, -0.1) is 0 Å². The third-order valence-corrected chi connectivity index (χ3v) is 5.12. The summed E-state index contributed by atoms with van der Waals surface area (Å²) >= 11 is 6.20. The molecule has 0 unspecified atom stereocenters. The van der Waals surface area contributed by atoms with Gasteiger partial charge in [-0.25, -0.2) is 4.79 Å². The molecule has 0 spiro atoms. The minimum atomic E-state index is -0.491. The number of carbonyl (C=O) groups is 1. The average molecular weight is 393 g/mol. The van der Waals surface area contributed by atoms with Crippen molar-refractivity contribution in [2.75, 3.05) is 0 Å². The first-order valence-corrected chi connectivity index (χ1v) is 9.24. The number of esters is 1. The maximum absolute atomic E-state index is 12.4. The van der Waals surface area contributed by atoms with E-state index in [1.807, 2.05) is 49.4 Å². The summed E-state index contributed by atoms with van der Waals surface area (Å²) < 4.78 is 10.7. The summed E-state index contributed by atoms with van der Waals surface area (Å²) in [5.74, 6) is -0.365. The van der Waals surface area contributed by atoms with E-state index in [9.17, 15) is 9.59 Å². The van der Waals surface area contributed by atoms with E-state index in [4.69, 9.17) is 20.8 Å². The van der Waals surface area contributed by atoms with Gasteiger partial charge in [-0.3, -0.25) is 4.79 Å². The summed E-state index contributed by atoms with van der Waals surface area (Å²) in [4.78, 5) is 24.3. The lowest BCUT2D eigenvalue weighted by Gasteiger charge is -2.10. The molecule has 0 amide bonds. The van der Waals surface area contributed by atoms with Crippen LogP contribution < -0.4 is 5.63 Å². The smallest absolute Gasteiger partial charge is 0.336 e. The van der Waals surface area contributed by atoms with Gasteiger partial charge >= 0.3 is 11.6 Å². The number of rotatable bonds is 4. The van der Waals surface area contributed by atoms with Gasteiger partial charge < -0.3 is 9.15 Å². The molecule has 5 heteroatoms. The highest BCUT2D eigenvalue weighted by Crippen LogP contribution is 2.26.